The monoisotopic (exact) mass is 434 g/mol. The fourth-order valence-electron chi connectivity index (χ4n) is 3.01. The van der Waals surface area contributed by atoms with Crippen LogP contribution in [0.1, 0.15) is 15.9 Å². The van der Waals surface area contributed by atoms with Crippen molar-refractivity contribution in [3.63, 3.8) is 0 Å². The molecule has 0 aliphatic heterocycles. The molecule has 0 spiro atoms. The number of sulfonamides is 1. The number of benzene rings is 3. The molecule has 0 atom stereocenters. The summed E-state index contributed by atoms with van der Waals surface area (Å²) in [7, 11) is -3.79. The first-order chi connectivity index (χ1) is 14.9. The van der Waals surface area contributed by atoms with Crippen LogP contribution < -0.4 is 15.7 Å². The van der Waals surface area contributed by atoms with E-state index in [2.05, 4.69) is 10.0 Å². The van der Waals surface area contributed by atoms with Crippen LogP contribution in [0.4, 0.5) is 5.69 Å². The Morgan fingerprint density at radius 1 is 0.871 bits per heavy atom. The van der Waals surface area contributed by atoms with Crippen LogP contribution in [0.15, 0.2) is 99.0 Å². The summed E-state index contributed by atoms with van der Waals surface area (Å²) in [5, 5.41) is 3.38. The van der Waals surface area contributed by atoms with Gasteiger partial charge in [-0.25, -0.2) is 17.9 Å². The number of hydrogen-bond donors (Lipinski definition) is 2. The molecule has 31 heavy (non-hydrogen) atoms. The van der Waals surface area contributed by atoms with Gasteiger partial charge < -0.3 is 9.73 Å². The second kappa shape index (κ2) is 8.55. The fraction of sp³-hybridized carbons (Fsp3) is 0.0435. The largest absolute Gasteiger partial charge is 0.423 e. The fourth-order valence-corrected chi connectivity index (χ4v) is 4.08. The van der Waals surface area contributed by atoms with Crippen molar-refractivity contribution in [2.45, 2.75) is 11.4 Å². The first-order valence-corrected chi connectivity index (χ1v) is 10.9. The molecule has 4 rings (SSSR count). The Morgan fingerprint density at radius 2 is 1.68 bits per heavy atom. The molecule has 2 N–H and O–H groups in total. The van der Waals surface area contributed by atoms with E-state index in [0.29, 0.717) is 16.7 Å². The van der Waals surface area contributed by atoms with E-state index < -0.39 is 21.6 Å². The van der Waals surface area contributed by atoms with Crippen LogP contribution in [0.2, 0.25) is 0 Å². The van der Waals surface area contributed by atoms with Crippen LogP contribution in [0.3, 0.4) is 0 Å². The van der Waals surface area contributed by atoms with E-state index in [9.17, 15) is 18.0 Å². The number of amides is 1. The zero-order valence-electron chi connectivity index (χ0n) is 16.2. The Morgan fingerprint density at radius 3 is 2.48 bits per heavy atom. The minimum atomic E-state index is -3.79. The molecule has 1 aromatic heterocycles. The molecular formula is C23H18N2O5S. The molecule has 1 amide bonds. The summed E-state index contributed by atoms with van der Waals surface area (Å²) >= 11 is 0. The average molecular weight is 434 g/mol. The highest BCUT2D eigenvalue weighted by atomic mass is 32.2. The number of nitrogens with one attached hydrogen (secondary N) is 2. The summed E-state index contributed by atoms with van der Waals surface area (Å²) in [5.41, 5.74) is 1.46. The minimum Gasteiger partial charge on any atom is -0.423 e. The number of hydrogen-bond acceptors (Lipinski definition) is 5. The molecule has 4 aromatic rings. The highest BCUT2D eigenvalue weighted by Crippen LogP contribution is 2.19. The van der Waals surface area contributed by atoms with Crippen molar-refractivity contribution in [3.05, 3.63) is 106 Å². The Balaban J connectivity index is 1.51. The summed E-state index contributed by atoms with van der Waals surface area (Å²) in [4.78, 5) is 23.9. The van der Waals surface area contributed by atoms with E-state index in [0.717, 1.165) is 5.56 Å². The predicted molar refractivity (Wildman–Crippen MR) is 117 cm³/mol. The van der Waals surface area contributed by atoms with Gasteiger partial charge in [-0.15, -0.1) is 0 Å². The topological polar surface area (TPSA) is 105 Å². The zero-order valence-corrected chi connectivity index (χ0v) is 17.1. The van der Waals surface area contributed by atoms with E-state index >= 15 is 0 Å². The second-order valence-corrected chi connectivity index (χ2v) is 8.57. The third-order valence-corrected chi connectivity index (χ3v) is 5.99. The zero-order chi connectivity index (χ0) is 21.8. The van der Waals surface area contributed by atoms with Gasteiger partial charge in [0, 0.05) is 29.2 Å². The molecule has 0 saturated heterocycles. The van der Waals surface area contributed by atoms with Crippen molar-refractivity contribution in [3.8, 4) is 0 Å². The standard InChI is InChI=1S/C23H18N2O5S/c26-22-12-9-17-13-19(10-11-21(17)30-22)25-23(27)18-7-4-8-20(14-18)31(28,29)24-15-16-5-2-1-3-6-16/h1-14,24H,15H2,(H,25,27). The molecule has 0 bridgehead atoms. The van der Waals surface area contributed by atoms with Crippen molar-refractivity contribution in [1.29, 1.82) is 0 Å². The average Bonchev–Trinajstić information content (AvgIpc) is 2.78. The Kier molecular flexibility index (Phi) is 5.66. The Labute approximate surface area is 178 Å². The minimum absolute atomic E-state index is 0.00336. The van der Waals surface area contributed by atoms with Crippen molar-refractivity contribution >= 4 is 32.6 Å². The van der Waals surface area contributed by atoms with E-state index in [1.54, 1.807) is 24.3 Å². The third-order valence-electron chi connectivity index (χ3n) is 4.59. The molecule has 156 valence electrons. The van der Waals surface area contributed by atoms with Crippen molar-refractivity contribution in [2.75, 3.05) is 5.32 Å². The van der Waals surface area contributed by atoms with Gasteiger partial charge in [0.1, 0.15) is 5.58 Å². The summed E-state index contributed by atoms with van der Waals surface area (Å²) in [6.07, 6.45) is 0. The molecule has 0 radical (unpaired) electrons. The maximum atomic E-state index is 12.7. The molecule has 0 saturated carbocycles. The molecule has 3 aromatic carbocycles. The molecule has 8 heteroatoms. The van der Waals surface area contributed by atoms with E-state index in [4.69, 9.17) is 4.42 Å². The van der Waals surface area contributed by atoms with Crippen LogP contribution in [-0.4, -0.2) is 14.3 Å². The van der Waals surface area contributed by atoms with Gasteiger partial charge in [-0.3, -0.25) is 4.79 Å². The Hall–Kier alpha value is -3.75. The number of carbonyl (C=O) groups is 1. The SMILES string of the molecule is O=C(Nc1ccc2oc(=O)ccc2c1)c1cccc(S(=O)(=O)NCc2ccccc2)c1. The number of anilines is 1. The maximum Gasteiger partial charge on any atom is 0.336 e. The van der Waals surface area contributed by atoms with Gasteiger partial charge in [0.2, 0.25) is 10.0 Å². The quantitative estimate of drug-likeness (QED) is 0.452. The normalized spacial score (nSPS) is 11.4. The lowest BCUT2D eigenvalue weighted by molar-refractivity contribution is 0.102. The van der Waals surface area contributed by atoms with Crippen LogP contribution in [0.5, 0.6) is 0 Å². The van der Waals surface area contributed by atoms with Gasteiger partial charge in [-0.1, -0.05) is 36.4 Å². The van der Waals surface area contributed by atoms with Gasteiger partial charge in [-0.05, 0) is 48.0 Å². The van der Waals surface area contributed by atoms with E-state index in [1.807, 2.05) is 30.3 Å². The first kappa shape index (κ1) is 20.5. The molecular weight excluding hydrogens is 416 g/mol. The number of rotatable bonds is 6. The molecule has 1 heterocycles. The van der Waals surface area contributed by atoms with Crippen molar-refractivity contribution < 1.29 is 17.6 Å². The highest BCUT2D eigenvalue weighted by Gasteiger charge is 2.16. The van der Waals surface area contributed by atoms with Crippen LogP contribution >= 0.6 is 0 Å². The van der Waals surface area contributed by atoms with E-state index in [1.165, 1.54) is 30.3 Å². The summed E-state index contributed by atoms with van der Waals surface area (Å²) < 4.78 is 32.9. The first-order valence-electron chi connectivity index (χ1n) is 9.40. The molecule has 0 fully saturated rings. The van der Waals surface area contributed by atoms with Gasteiger partial charge in [0.25, 0.3) is 5.91 Å². The highest BCUT2D eigenvalue weighted by molar-refractivity contribution is 7.89. The number of fused-ring (bicyclic) bond motifs is 1. The smallest absolute Gasteiger partial charge is 0.336 e. The predicted octanol–water partition coefficient (Wildman–Crippen LogP) is 3.52. The lowest BCUT2D eigenvalue weighted by atomic mass is 10.2. The van der Waals surface area contributed by atoms with Crippen LogP contribution in [0, 0.1) is 0 Å². The van der Waals surface area contributed by atoms with Gasteiger partial charge in [0.15, 0.2) is 0 Å². The van der Waals surface area contributed by atoms with Gasteiger partial charge >= 0.3 is 5.63 Å². The summed E-state index contributed by atoms with van der Waals surface area (Å²) in [6.45, 7) is 0.146. The van der Waals surface area contributed by atoms with Crippen LogP contribution in [0.25, 0.3) is 11.0 Å². The molecule has 0 unspecified atom stereocenters. The lowest BCUT2D eigenvalue weighted by Crippen LogP contribution is -2.23. The molecule has 0 aliphatic carbocycles. The maximum absolute atomic E-state index is 12.7. The summed E-state index contributed by atoms with van der Waals surface area (Å²) in [5.74, 6) is -0.461. The molecule has 7 nitrogen and oxygen atoms in total. The van der Waals surface area contributed by atoms with Crippen molar-refractivity contribution in [1.82, 2.24) is 4.72 Å². The Bertz CT molecular complexity index is 1410. The second-order valence-electron chi connectivity index (χ2n) is 6.80. The molecule has 0 aliphatic rings. The van der Waals surface area contributed by atoms with E-state index in [-0.39, 0.29) is 17.0 Å². The van der Waals surface area contributed by atoms with Gasteiger partial charge in [-0.2, -0.15) is 0 Å². The lowest BCUT2D eigenvalue weighted by Gasteiger charge is -2.10. The van der Waals surface area contributed by atoms with Gasteiger partial charge in [0.05, 0.1) is 4.90 Å². The van der Waals surface area contributed by atoms with Crippen LogP contribution in [-0.2, 0) is 16.6 Å². The third kappa shape index (κ3) is 4.88. The summed E-state index contributed by atoms with van der Waals surface area (Å²) in [6, 6.07) is 22.7. The van der Waals surface area contributed by atoms with Crippen molar-refractivity contribution in [2.24, 2.45) is 0 Å². The number of carbonyl (C=O) groups excluding carboxylic acids is 1.